The summed E-state index contributed by atoms with van der Waals surface area (Å²) in [5.74, 6) is 0.766. The van der Waals surface area contributed by atoms with E-state index in [4.69, 9.17) is 11.6 Å². The molecule has 1 aromatic carbocycles. The zero-order valence-electron chi connectivity index (χ0n) is 16.4. The highest BCUT2D eigenvalue weighted by Gasteiger charge is 2.28. The molecule has 3 rings (SSSR count). The highest BCUT2D eigenvalue weighted by Crippen LogP contribution is 2.33. The summed E-state index contributed by atoms with van der Waals surface area (Å²) in [4.78, 5) is 27.0. The summed E-state index contributed by atoms with van der Waals surface area (Å²) in [6.07, 6.45) is 5.10. The molecule has 7 nitrogen and oxygen atoms in total. The summed E-state index contributed by atoms with van der Waals surface area (Å²) in [6.45, 7) is 4.54. The van der Waals surface area contributed by atoms with Crippen molar-refractivity contribution < 1.29 is 9.90 Å². The van der Waals surface area contributed by atoms with Crippen LogP contribution in [0.15, 0.2) is 53.9 Å². The SMILES string of the molecule is Cn1ccnc1CN(Cc1ccc(SC(C)(C)C(=O)O)cc1)c1cc(Cl)ncn1. The Hall–Kier alpha value is -2.58. The molecule has 0 aliphatic carbocycles. The van der Waals surface area contributed by atoms with E-state index in [0.717, 1.165) is 16.3 Å². The molecule has 0 saturated heterocycles. The molecule has 0 unspecified atom stereocenters. The molecule has 0 aliphatic rings. The van der Waals surface area contributed by atoms with Crippen LogP contribution in [-0.2, 0) is 24.9 Å². The van der Waals surface area contributed by atoms with Gasteiger partial charge in [-0.25, -0.2) is 15.0 Å². The largest absolute Gasteiger partial charge is 0.480 e. The fraction of sp³-hybridized carbons (Fsp3) is 0.300. The fourth-order valence-corrected chi connectivity index (χ4v) is 3.75. The van der Waals surface area contributed by atoms with E-state index >= 15 is 0 Å². The Bertz CT molecular complexity index is 991. The van der Waals surface area contributed by atoms with Crippen LogP contribution in [0.5, 0.6) is 0 Å². The second-order valence-corrected chi connectivity index (χ2v) is 9.15. The van der Waals surface area contributed by atoms with E-state index in [9.17, 15) is 9.90 Å². The quantitative estimate of drug-likeness (QED) is 0.425. The highest BCUT2D eigenvalue weighted by molar-refractivity contribution is 8.01. The average molecular weight is 432 g/mol. The molecule has 0 aliphatic heterocycles. The minimum absolute atomic E-state index is 0.377. The van der Waals surface area contributed by atoms with Crippen LogP contribution in [0, 0.1) is 0 Å². The van der Waals surface area contributed by atoms with Crippen molar-refractivity contribution in [1.29, 1.82) is 0 Å². The number of aliphatic carboxylic acids is 1. The number of hydrogen-bond acceptors (Lipinski definition) is 6. The van der Waals surface area contributed by atoms with Crippen molar-refractivity contribution in [3.63, 3.8) is 0 Å². The number of carboxylic acid groups (broad SMARTS) is 1. The van der Waals surface area contributed by atoms with Crippen LogP contribution in [-0.4, -0.2) is 35.3 Å². The van der Waals surface area contributed by atoms with E-state index in [-0.39, 0.29) is 0 Å². The summed E-state index contributed by atoms with van der Waals surface area (Å²) in [6, 6.07) is 9.60. The number of halogens is 1. The number of rotatable bonds is 8. The van der Waals surface area contributed by atoms with Crippen molar-refractivity contribution >= 4 is 35.1 Å². The predicted molar refractivity (Wildman–Crippen MR) is 114 cm³/mol. The van der Waals surface area contributed by atoms with Crippen LogP contribution in [0.4, 0.5) is 5.82 Å². The maximum atomic E-state index is 11.3. The molecule has 0 fully saturated rings. The second kappa shape index (κ2) is 8.84. The van der Waals surface area contributed by atoms with Gasteiger partial charge >= 0.3 is 5.97 Å². The van der Waals surface area contributed by atoms with Crippen molar-refractivity contribution in [3.05, 3.63) is 65.6 Å². The zero-order valence-corrected chi connectivity index (χ0v) is 18.0. The van der Waals surface area contributed by atoms with E-state index in [1.54, 1.807) is 26.1 Å². The molecule has 1 N–H and O–H groups in total. The molecule has 0 bridgehead atoms. The smallest absolute Gasteiger partial charge is 0.319 e. The molecule has 2 heterocycles. The Labute approximate surface area is 178 Å². The number of benzene rings is 1. The highest BCUT2D eigenvalue weighted by atomic mass is 35.5. The van der Waals surface area contributed by atoms with Crippen molar-refractivity contribution in [3.8, 4) is 0 Å². The van der Waals surface area contributed by atoms with E-state index < -0.39 is 10.7 Å². The van der Waals surface area contributed by atoms with E-state index in [2.05, 4.69) is 19.9 Å². The van der Waals surface area contributed by atoms with Crippen LogP contribution in [0.3, 0.4) is 0 Å². The molecule has 0 atom stereocenters. The molecule has 0 amide bonds. The lowest BCUT2D eigenvalue weighted by Gasteiger charge is -2.24. The molecule has 9 heteroatoms. The van der Waals surface area contributed by atoms with E-state index in [1.165, 1.54) is 18.1 Å². The normalized spacial score (nSPS) is 11.4. The Morgan fingerprint density at radius 2 is 1.93 bits per heavy atom. The van der Waals surface area contributed by atoms with Gasteiger partial charge in [0.15, 0.2) is 0 Å². The first-order chi connectivity index (χ1) is 13.7. The van der Waals surface area contributed by atoms with Crippen LogP contribution in [0.2, 0.25) is 5.15 Å². The van der Waals surface area contributed by atoms with Crippen LogP contribution < -0.4 is 4.90 Å². The van der Waals surface area contributed by atoms with Crippen LogP contribution in [0.25, 0.3) is 0 Å². The predicted octanol–water partition coefficient (Wildman–Crippen LogP) is 4.03. The third-order valence-corrected chi connectivity index (χ3v) is 5.78. The van der Waals surface area contributed by atoms with Gasteiger partial charge in [-0.05, 0) is 31.5 Å². The first-order valence-corrected chi connectivity index (χ1v) is 10.1. The van der Waals surface area contributed by atoms with Crippen molar-refractivity contribution in [1.82, 2.24) is 19.5 Å². The molecule has 0 spiro atoms. The summed E-state index contributed by atoms with van der Waals surface area (Å²) in [5.41, 5.74) is 1.06. The number of aromatic nitrogens is 4. The Balaban J connectivity index is 1.80. The van der Waals surface area contributed by atoms with Gasteiger partial charge in [0.2, 0.25) is 0 Å². The first kappa shape index (κ1) is 21.1. The lowest BCUT2D eigenvalue weighted by molar-refractivity contribution is -0.138. The van der Waals surface area contributed by atoms with Gasteiger partial charge in [0, 0.05) is 36.9 Å². The van der Waals surface area contributed by atoms with Crippen LogP contribution in [0.1, 0.15) is 25.2 Å². The maximum absolute atomic E-state index is 11.3. The summed E-state index contributed by atoms with van der Waals surface area (Å²) in [7, 11) is 1.95. The Kier molecular flexibility index (Phi) is 6.44. The molecular weight excluding hydrogens is 410 g/mol. The van der Waals surface area contributed by atoms with Gasteiger partial charge in [-0.1, -0.05) is 23.7 Å². The van der Waals surface area contributed by atoms with Crippen molar-refractivity contribution in [2.75, 3.05) is 4.90 Å². The lowest BCUT2D eigenvalue weighted by Crippen LogP contribution is -2.27. The fourth-order valence-electron chi connectivity index (χ4n) is 2.66. The lowest BCUT2D eigenvalue weighted by atomic mass is 10.2. The number of nitrogens with zero attached hydrogens (tertiary/aromatic N) is 5. The topological polar surface area (TPSA) is 84.1 Å². The Morgan fingerprint density at radius 1 is 1.21 bits per heavy atom. The molecule has 152 valence electrons. The first-order valence-electron chi connectivity index (χ1n) is 8.94. The third-order valence-electron chi connectivity index (χ3n) is 4.38. The Morgan fingerprint density at radius 3 is 2.52 bits per heavy atom. The molecule has 0 radical (unpaired) electrons. The van der Waals surface area contributed by atoms with Gasteiger partial charge < -0.3 is 14.6 Å². The van der Waals surface area contributed by atoms with Gasteiger partial charge in [0.25, 0.3) is 0 Å². The van der Waals surface area contributed by atoms with Gasteiger partial charge in [-0.15, -0.1) is 11.8 Å². The average Bonchev–Trinajstić information content (AvgIpc) is 3.07. The van der Waals surface area contributed by atoms with E-state index in [0.29, 0.717) is 24.1 Å². The van der Waals surface area contributed by atoms with Gasteiger partial charge in [0.05, 0.1) is 6.54 Å². The zero-order chi connectivity index (χ0) is 21.0. The molecular formula is C20H22ClN5O2S. The molecule has 29 heavy (non-hydrogen) atoms. The number of carboxylic acids is 1. The second-order valence-electron chi connectivity index (χ2n) is 7.07. The number of aryl methyl sites for hydroxylation is 1. The van der Waals surface area contributed by atoms with Gasteiger partial charge in [-0.3, -0.25) is 4.79 Å². The molecule has 3 aromatic rings. The number of thioether (sulfide) groups is 1. The van der Waals surface area contributed by atoms with Gasteiger partial charge in [0.1, 0.15) is 27.9 Å². The minimum atomic E-state index is -0.885. The molecule has 0 saturated carbocycles. The number of hydrogen-bond donors (Lipinski definition) is 1. The number of anilines is 1. The summed E-state index contributed by atoms with van der Waals surface area (Å²) in [5, 5.41) is 9.69. The van der Waals surface area contributed by atoms with Crippen LogP contribution >= 0.6 is 23.4 Å². The van der Waals surface area contributed by atoms with Crippen molar-refractivity contribution in [2.45, 2.75) is 36.6 Å². The number of carbonyl (C=O) groups is 1. The summed E-state index contributed by atoms with van der Waals surface area (Å²) >= 11 is 7.38. The maximum Gasteiger partial charge on any atom is 0.319 e. The molecule has 2 aromatic heterocycles. The minimum Gasteiger partial charge on any atom is -0.480 e. The van der Waals surface area contributed by atoms with Crippen molar-refractivity contribution in [2.24, 2.45) is 7.05 Å². The monoisotopic (exact) mass is 431 g/mol. The number of imidazole rings is 1. The standard InChI is InChI=1S/C20H22ClN5O2S/c1-20(2,19(27)28)29-15-6-4-14(5-7-15)11-26(12-18-22-8-9-25(18)3)17-10-16(21)23-13-24-17/h4-10,13H,11-12H2,1-3H3,(H,27,28). The third kappa shape index (κ3) is 5.48. The summed E-state index contributed by atoms with van der Waals surface area (Å²) < 4.78 is 1.08. The van der Waals surface area contributed by atoms with Gasteiger partial charge in [-0.2, -0.15) is 0 Å². The van der Waals surface area contributed by atoms with E-state index in [1.807, 2.05) is 42.1 Å².